The molecule has 0 atom stereocenters. The van der Waals surface area contributed by atoms with Crippen LogP contribution in [-0.2, 0) is 17.1 Å². The molecule has 1 aromatic rings. The summed E-state index contributed by atoms with van der Waals surface area (Å²) in [4.78, 5) is 0. The van der Waals surface area contributed by atoms with Crippen molar-refractivity contribution in [1.29, 1.82) is 0 Å². The van der Waals surface area contributed by atoms with Gasteiger partial charge in [-0.15, -0.1) is 12.4 Å². The molecule has 58 valence electrons. The van der Waals surface area contributed by atoms with Crippen LogP contribution in [0.1, 0.15) is 0 Å². The van der Waals surface area contributed by atoms with E-state index in [4.69, 9.17) is 10.2 Å². The predicted molar refractivity (Wildman–Crippen MR) is 37.0 cm³/mol. The third-order valence-electron chi connectivity index (χ3n) is 0.850. The van der Waals surface area contributed by atoms with E-state index in [0.29, 0.717) is 0 Å². The molecule has 0 aromatic heterocycles. The maximum absolute atomic E-state index is 8.65. The molecule has 4 heteroatoms. The van der Waals surface area contributed by atoms with Crippen LogP contribution >= 0.6 is 12.4 Å². The summed E-state index contributed by atoms with van der Waals surface area (Å²) in [6.45, 7) is 0. The fourth-order valence-electron chi connectivity index (χ4n) is 0.453. The van der Waals surface area contributed by atoms with Gasteiger partial charge in [-0.2, -0.15) is 0 Å². The standard InChI is InChI=1S/C6H6O2.ClH.Fe/c7-5-1-2-6(8)4-3-5;;/h1-4,7-8H;1H;. The first kappa shape index (κ1) is 12.3. The zero-order valence-electron chi connectivity index (χ0n) is 4.97. The third-order valence-corrected chi connectivity index (χ3v) is 0.850. The van der Waals surface area contributed by atoms with Crippen molar-refractivity contribution in [2.24, 2.45) is 0 Å². The Morgan fingerprint density at radius 2 is 1.00 bits per heavy atom. The van der Waals surface area contributed by atoms with Crippen molar-refractivity contribution in [2.75, 3.05) is 0 Å². The van der Waals surface area contributed by atoms with Crippen molar-refractivity contribution < 1.29 is 27.3 Å². The van der Waals surface area contributed by atoms with E-state index < -0.39 is 0 Å². The molecule has 0 fully saturated rings. The van der Waals surface area contributed by atoms with Gasteiger partial charge in [0.1, 0.15) is 11.5 Å². The van der Waals surface area contributed by atoms with Gasteiger partial charge in [-0.25, -0.2) is 0 Å². The second-order valence-corrected chi connectivity index (χ2v) is 1.52. The van der Waals surface area contributed by atoms with Gasteiger partial charge < -0.3 is 10.2 Å². The largest absolute Gasteiger partial charge is 0.508 e. The average Bonchev–Trinajstić information content (AvgIpc) is 1.77. The first-order valence-corrected chi connectivity index (χ1v) is 2.27. The predicted octanol–water partition coefficient (Wildman–Crippen LogP) is 1.52. The molecule has 2 nitrogen and oxygen atoms in total. The van der Waals surface area contributed by atoms with Gasteiger partial charge in [0.2, 0.25) is 0 Å². The van der Waals surface area contributed by atoms with E-state index in [-0.39, 0.29) is 41.0 Å². The Hall–Kier alpha value is -0.371. The monoisotopic (exact) mass is 202 g/mol. The fraction of sp³-hybridized carbons (Fsp3) is 0. The van der Waals surface area contributed by atoms with Gasteiger partial charge in [0, 0.05) is 17.1 Å². The Balaban J connectivity index is 0. The van der Waals surface area contributed by atoms with Gasteiger partial charge >= 0.3 is 0 Å². The molecule has 0 radical (unpaired) electrons. The molecule has 0 bridgehead atoms. The number of hydrogen-bond acceptors (Lipinski definition) is 2. The number of benzene rings is 1. The molecule has 0 aliphatic carbocycles. The molecule has 0 heterocycles. The number of aromatic hydroxyl groups is 2. The maximum atomic E-state index is 8.65. The van der Waals surface area contributed by atoms with Gasteiger partial charge in [0.15, 0.2) is 0 Å². The minimum Gasteiger partial charge on any atom is -0.508 e. The average molecular weight is 202 g/mol. The summed E-state index contributed by atoms with van der Waals surface area (Å²) in [6.07, 6.45) is 0. The van der Waals surface area contributed by atoms with Crippen LogP contribution in [0.3, 0.4) is 0 Å². The van der Waals surface area contributed by atoms with Gasteiger partial charge in [-0.1, -0.05) is 0 Å². The van der Waals surface area contributed by atoms with Crippen molar-refractivity contribution in [3.05, 3.63) is 24.3 Å². The van der Waals surface area contributed by atoms with Gasteiger partial charge in [-0.3, -0.25) is 0 Å². The van der Waals surface area contributed by atoms with Crippen LogP contribution in [0.15, 0.2) is 24.3 Å². The first-order valence-electron chi connectivity index (χ1n) is 2.27. The molecular weight excluding hydrogens is 195 g/mol. The molecule has 0 saturated carbocycles. The molecule has 1 aromatic carbocycles. The molecular formula is C6H7ClFeO2. The quantitative estimate of drug-likeness (QED) is 0.495. The second-order valence-electron chi connectivity index (χ2n) is 1.52. The maximum Gasteiger partial charge on any atom is 0.115 e. The number of hydrogen-bond donors (Lipinski definition) is 2. The van der Waals surface area contributed by atoms with E-state index in [2.05, 4.69) is 0 Å². The summed E-state index contributed by atoms with van der Waals surface area (Å²) < 4.78 is 0. The van der Waals surface area contributed by atoms with Crippen molar-refractivity contribution >= 4 is 12.4 Å². The Morgan fingerprint density at radius 3 is 1.20 bits per heavy atom. The van der Waals surface area contributed by atoms with E-state index in [1.165, 1.54) is 24.3 Å². The zero-order chi connectivity index (χ0) is 5.98. The van der Waals surface area contributed by atoms with Crippen LogP contribution in [0.25, 0.3) is 0 Å². The molecule has 2 N–H and O–H groups in total. The molecule has 1 rings (SSSR count). The van der Waals surface area contributed by atoms with Crippen LogP contribution in [0.2, 0.25) is 0 Å². The summed E-state index contributed by atoms with van der Waals surface area (Å²) in [6, 6.07) is 5.70. The number of phenolic OH excluding ortho intramolecular Hbond substituents is 2. The van der Waals surface area contributed by atoms with E-state index in [9.17, 15) is 0 Å². The Kier molecular flexibility index (Phi) is 6.67. The summed E-state index contributed by atoms with van der Waals surface area (Å²) in [7, 11) is 0. The van der Waals surface area contributed by atoms with Crippen LogP contribution in [0, 0.1) is 0 Å². The van der Waals surface area contributed by atoms with Crippen molar-refractivity contribution in [3.63, 3.8) is 0 Å². The molecule has 0 amide bonds. The van der Waals surface area contributed by atoms with Crippen LogP contribution in [-0.4, -0.2) is 10.2 Å². The van der Waals surface area contributed by atoms with Crippen molar-refractivity contribution in [3.8, 4) is 11.5 Å². The number of rotatable bonds is 0. The molecule has 0 spiro atoms. The Labute approximate surface area is 75.8 Å². The van der Waals surface area contributed by atoms with Crippen molar-refractivity contribution in [1.82, 2.24) is 0 Å². The third kappa shape index (κ3) is 3.62. The Morgan fingerprint density at radius 1 is 0.800 bits per heavy atom. The minimum atomic E-state index is 0. The van der Waals surface area contributed by atoms with Gasteiger partial charge in [0.05, 0.1) is 0 Å². The van der Waals surface area contributed by atoms with E-state index in [0.717, 1.165) is 0 Å². The smallest absolute Gasteiger partial charge is 0.115 e. The van der Waals surface area contributed by atoms with Gasteiger partial charge in [-0.05, 0) is 24.3 Å². The van der Waals surface area contributed by atoms with E-state index in [1.54, 1.807) is 0 Å². The van der Waals surface area contributed by atoms with Crippen LogP contribution < -0.4 is 0 Å². The molecule has 10 heavy (non-hydrogen) atoms. The Bertz CT molecular complexity index is 155. The van der Waals surface area contributed by atoms with E-state index >= 15 is 0 Å². The summed E-state index contributed by atoms with van der Waals surface area (Å²) in [5, 5.41) is 17.3. The second kappa shape index (κ2) is 5.42. The normalized spacial score (nSPS) is 7.20. The topological polar surface area (TPSA) is 40.5 Å². The summed E-state index contributed by atoms with van der Waals surface area (Å²) in [5.74, 6) is 0.339. The van der Waals surface area contributed by atoms with Crippen LogP contribution in [0.4, 0.5) is 0 Å². The SMILES string of the molecule is Cl.Oc1ccc(O)cc1.[Fe]. The first-order chi connectivity index (χ1) is 3.79. The zero-order valence-corrected chi connectivity index (χ0v) is 6.89. The summed E-state index contributed by atoms with van der Waals surface area (Å²) in [5.41, 5.74) is 0. The van der Waals surface area contributed by atoms with Crippen LogP contribution in [0.5, 0.6) is 11.5 Å². The molecule has 0 aliphatic rings. The number of halogens is 1. The van der Waals surface area contributed by atoms with Gasteiger partial charge in [0.25, 0.3) is 0 Å². The van der Waals surface area contributed by atoms with E-state index in [1.807, 2.05) is 0 Å². The van der Waals surface area contributed by atoms with Crippen molar-refractivity contribution in [2.45, 2.75) is 0 Å². The fourth-order valence-corrected chi connectivity index (χ4v) is 0.453. The molecule has 0 aliphatic heterocycles. The molecule has 0 unspecified atom stereocenters. The molecule has 0 saturated heterocycles. The minimum absolute atomic E-state index is 0. The number of phenols is 2. The summed E-state index contributed by atoms with van der Waals surface area (Å²) >= 11 is 0.